The van der Waals surface area contributed by atoms with E-state index in [0.29, 0.717) is 12.0 Å². The molecule has 0 atom stereocenters. The van der Waals surface area contributed by atoms with E-state index in [-0.39, 0.29) is 24.5 Å². The number of primary amides is 1. The molecule has 0 saturated heterocycles. The summed E-state index contributed by atoms with van der Waals surface area (Å²) in [4.78, 5) is 31.5. The molecular formula is C16H17F3N4O4. The van der Waals surface area contributed by atoms with Crippen LogP contribution >= 0.6 is 0 Å². The van der Waals surface area contributed by atoms with Gasteiger partial charge in [-0.15, -0.1) is 0 Å². The minimum absolute atomic E-state index is 0.0637. The molecule has 0 saturated carbocycles. The molecule has 2 N–H and O–H groups in total. The first-order valence-electron chi connectivity index (χ1n) is 7.96. The molecule has 1 heterocycles. The molecule has 2 aromatic rings. The third-order valence-corrected chi connectivity index (χ3v) is 3.39. The van der Waals surface area contributed by atoms with Gasteiger partial charge in [-0.25, -0.2) is 5.06 Å². The molecule has 0 bridgehead atoms. The van der Waals surface area contributed by atoms with Crippen molar-refractivity contribution in [2.24, 2.45) is 5.73 Å². The van der Waals surface area contributed by atoms with Gasteiger partial charge < -0.3 is 10.3 Å². The lowest BCUT2D eigenvalue weighted by Crippen LogP contribution is -2.40. The largest absolute Gasteiger partial charge is 0.471 e. The van der Waals surface area contributed by atoms with Crippen LogP contribution in [0.4, 0.5) is 13.2 Å². The number of rotatable bonds is 7. The molecule has 0 aliphatic carbocycles. The number of carbonyl (C=O) groups excluding carboxylic acids is 2. The lowest BCUT2D eigenvalue weighted by Gasteiger charge is -2.20. The lowest BCUT2D eigenvalue weighted by molar-refractivity contribution is -0.191. The summed E-state index contributed by atoms with van der Waals surface area (Å²) in [6.45, 7) is 2.10. The van der Waals surface area contributed by atoms with E-state index in [0.717, 1.165) is 11.5 Å². The topological polar surface area (TPSA) is 112 Å². The number of nitrogens with zero attached hydrogens (tertiary/aromatic N) is 3. The highest BCUT2D eigenvalue weighted by Crippen LogP contribution is 2.29. The monoisotopic (exact) mass is 386 g/mol. The van der Waals surface area contributed by atoms with Crippen LogP contribution in [0.2, 0.25) is 0 Å². The summed E-state index contributed by atoms with van der Waals surface area (Å²) in [5.41, 5.74) is 5.85. The SMILES string of the molecule is CCCCON(Cc1ccc(-c2noc(C(F)(F)F)n2)cc1)C(=O)C(N)=O. The molecule has 1 aromatic carbocycles. The van der Waals surface area contributed by atoms with Crippen molar-refractivity contribution in [2.45, 2.75) is 32.5 Å². The highest BCUT2D eigenvalue weighted by atomic mass is 19.4. The van der Waals surface area contributed by atoms with E-state index in [9.17, 15) is 22.8 Å². The van der Waals surface area contributed by atoms with Gasteiger partial charge in [0.2, 0.25) is 5.82 Å². The first kappa shape index (κ1) is 20.4. The van der Waals surface area contributed by atoms with Crippen molar-refractivity contribution in [3.05, 3.63) is 35.7 Å². The lowest BCUT2D eigenvalue weighted by atomic mass is 10.1. The molecule has 27 heavy (non-hydrogen) atoms. The smallest absolute Gasteiger partial charge is 0.361 e. The van der Waals surface area contributed by atoms with Gasteiger partial charge in [-0.2, -0.15) is 18.2 Å². The van der Waals surface area contributed by atoms with Crippen molar-refractivity contribution in [3.63, 3.8) is 0 Å². The summed E-state index contributed by atoms with van der Waals surface area (Å²) >= 11 is 0. The van der Waals surface area contributed by atoms with Gasteiger partial charge in [0.25, 0.3) is 0 Å². The number of benzene rings is 1. The third kappa shape index (κ3) is 5.51. The maximum Gasteiger partial charge on any atom is 0.471 e. The van der Waals surface area contributed by atoms with Gasteiger partial charge >= 0.3 is 23.9 Å². The quantitative estimate of drug-likeness (QED) is 0.444. The van der Waals surface area contributed by atoms with Crippen LogP contribution in [0.5, 0.6) is 0 Å². The minimum atomic E-state index is -4.73. The summed E-state index contributed by atoms with van der Waals surface area (Å²) in [6.07, 6.45) is -3.21. The van der Waals surface area contributed by atoms with Gasteiger partial charge in [-0.05, 0) is 12.0 Å². The van der Waals surface area contributed by atoms with Crippen molar-refractivity contribution in [3.8, 4) is 11.4 Å². The van der Waals surface area contributed by atoms with E-state index in [1.165, 1.54) is 24.3 Å². The Hall–Kier alpha value is -2.95. The van der Waals surface area contributed by atoms with Crippen LogP contribution in [0, 0.1) is 0 Å². The summed E-state index contributed by atoms with van der Waals surface area (Å²) in [5, 5.41) is 4.14. The molecule has 1 aromatic heterocycles. The molecule has 2 rings (SSSR count). The highest BCUT2D eigenvalue weighted by molar-refractivity contribution is 6.34. The van der Waals surface area contributed by atoms with Crippen LogP contribution < -0.4 is 5.73 Å². The Labute approximate surface area is 152 Å². The van der Waals surface area contributed by atoms with Gasteiger partial charge in [0.1, 0.15) is 0 Å². The molecule has 0 spiro atoms. The number of aromatic nitrogens is 2. The fourth-order valence-electron chi connectivity index (χ4n) is 2.00. The zero-order valence-electron chi connectivity index (χ0n) is 14.3. The van der Waals surface area contributed by atoms with Crippen molar-refractivity contribution in [2.75, 3.05) is 6.61 Å². The van der Waals surface area contributed by atoms with Crippen LogP contribution in [0.1, 0.15) is 31.2 Å². The molecule has 0 aliphatic heterocycles. The third-order valence-electron chi connectivity index (χ3n) is 3.39. The highest BCUT2D eigenvalue weighted by Gasteiger charge is 2.38. The molecule has 0 fully saturated rings. The Kier molecular flexibility index (Phi) is 6.50. The average Bonchev–Trinajstić information content (AvgIpc) is 3.11. The van der Waals surface area contributed by atoms with Gasteiger partial charge in [-0.1, -0.05) is 42.8 Å². The molecule has 0 aliphatic rings. The standard InChI is InChI=1S/C16H17F3N4O4/c1-2-3-8-26-23(14(25)12(20)24)9-10-4-6-11(7-5-10)13-21-15(27-22-13)16(17,18)19/h4-7H,2-3,8-9H2,1H3,(H2,20,24). The van der Waals surface area contributed by atoms with Crippen LogP contribution in [0.3, 0.4) is 0 Å². The summed E-state index contributed by atoms with van der Waals surface area (Å²) < 4.78 is 41.7. The molecule has 146 valence electrons. The van der Waals surface area contributed by atoms with E-state index in [1.807, 2.05) is 6.92 Å². The van der Waals surface area contributed by atoms with E-state index >= 15 is 0 Å². The maximum atomic E-state index is 12.5. The normalized spacial score (nSPS) is 11.4. The molecule has 0 unspecified atom stereocenters. The molecule has 0 radical (unpaired) electrons. The van der Waals surface area contributed by atoms with Crippen molar-refractivity contribution in [1.82, 2.24) is 15.2 Å². The first-order valence-corrected chi connectivity index (χ1v) is 7.96. The zero-order valence-corrected chi connectivity index (χ0v) is 14.3. The van der Waals surface area contributed by atoms with Crippen LogP contribution in [0.25, 0.3) is 11.4 Å². The Balaban J connectivity index is 2.11. The number of hydroxylamine groups is 2. The Morgan fingerprint density at radius 2 is 1.93 bits per heavy atom. The first-order chi connectivity index (χ1) is 12.7. The summed E-state index contributed by atoms with van der Waals surface area (Å²) in [6, 6.07) is 5.98. The Bertz CT molecular complexity index is 790. The number of amides is 2. The van der Waals surface area contributed by atoms with E-state index in [4.69, 9.17) is 10.6 Å². The van der Waals surface area contributed by atoms with E-state index in [2.05, 4.69) is 14.7 Å². The van der Waals surface area contributed by atoms with Gasteiger partial charge in [-0.3, -0.25) is 14.4 Å². The number of nitrogens with two attached hydrogens (primary N) is 1. The number of hydrogen-bond acceptors (Lipinski definition) is 6. The summed E-state index contributed by atoms with van der Waals surface area (Å²) in [5.74, 6) is -3.82. The second-order valence-corrected chi connectivity index (χ2v) is 5.51. The molecule has 11 heteroatoms. The molecule has 8 nitrogen and oxygen atoms in total. The predicted molar refractivity (Wildman–Crippen MR) is 85.3 cm³/mol. The van der Waals surface area contributed by atoms with E-state index < -0.39 is 23.9 Å². The molecular weight excluding hydrogens is 369 g/mol. The van der Waals surface area contributed by atoms with Crippen LogP contribution in [-0.4, -0.2) is 33.6 Å². The zero-order chi connectivity index (χ0) is 20.0. The average molecular weight is 386 g/mol. The van der Waals surface area contributed by atoms with Crippen molar-refractivity contribution in [1.29, 1.82) is 0 Å². The van der Waals surface area contributed by atoms with Gasteiger partial charge in [0.05, 0.1) is 13.2 Å². The van der Waals surface area contributed by atoms with Crippen LogP contribution in [-0.2, 0) is 27.1 Å². The second kappa shape index (κ2) is 8.62. The van der Waals surface area contributed by atoms with Gasteiger partial charge in [0, 0.05) is 5.56 Å². The number of alkyl halides is 3. The van der Waals surface area contributed by atoms with Crippen LogP contribution in [0.15, 0.2) is 28.8 Å². The number of carbonyl (C=O) groups is 2. The minimum Gasteiger partial charge on any atom is -0.361 e. The van der Waals surface area contributed by atoms with E-state index in [1.54, 1.807) is 0 Å². The second-order valence-electron chi connectivity index (χ2n) is 5.51. The Morgan fingerprint density at radius 1 is 1.26 bits per heavy atom. The van der Waals surface area contributed by atoms with Crippen molar-refractivity contribution >= 4 is 11.8 Å². The number of halogens is 3. The number of hydrogen-bond donors (Lipinski definition) is 1. The maximum absolute atomic E-state index is 12.5. The van der Waals surface area contributed by atoms with Crippen molar-refractivity contribution < 1.29 is 32.1 Å². The number of unbranched alkanes of at least 4 members (excludes halogenated alkanes) is 1. The predicted octanol–water partition coefficient (Wildman–Crippen LogP) is 2.30. The molecule has 2 amide bonds. The fraction of sp³-hybridized carbons (Fsp3) is 0.375. The van der Waals surface area contributed by atoms with Gasteiger partial charge in [0.15, 0.2) is 0 Å². The fourth-order valence-corrected chi connectivity index (χ4v) is 2.00. The summed E-state index contributed by atoms with van der Waals surface area (Å²) in [7, 11) is 0. The Morgan fingerprint density at radius 3 is 2.44 bits per heavy atom.